The molecule has 1 aliphatic rings. The second-order valence-electron chi connectivity index (χ2n) is 9.99. The third-order valence-corrected chi connectivity index (χ3v) is 5.91. The Kier molecular flexibility index (Phi) is 12.3. The first-order valence-electron chi connectivity index (χ1n) is 12.5. The van der Waals surface area contributed by atoms with Crippen molar-refractivity contribution >= 4 is 29.6 Å². The number of nitrogens with one attached hydrogen (secondary N) is 3. The number of rotatable bonds is 13. The zero-order chi connectivity index (χ0) is 27.5. The quantitative estimate of drug-likeness (QED) is 0.259. The van der Waals surface area contributed by atoms with Crippen LogP contribution in [0.1, 0.15) is 66.7 Å². The lowest BCUT2D eigenvalue weighted by Crippen LogP contribution is -2.57. The number of alkyl carbamates (subject to hydrolysis) is 1. The molecule has 1 aliphatic heterocycles. The molecule has 0 aliphatic carbocycles. The van der Waals surface area contributed by atoms with Crippen LogP contribution >= 0.6 is 0 Å². The predicted molar refractivity (Wildman–Crippen MR) is 137 cm³/mol. The molecule has 4 amide bonds. The summed E-state index contributed by atoms with van der Waals surface area (Å²) < 4.78 is 5.33. The summed E-state index contributed by atoms with van der Waals surface area (Å²) in [4.78, 5) is 65.4. The van der Waals surface area contributed by atoms with Crippen molar-refractivity contribution in [1.29, 1.82) is 0 Å². The van der Waals surface area contributed by atoms with E-state index in [1.54, 1.807) is 26.8 Å². The Morgan fingerprint density at radius 3 is 2.33 bits per heavy atom. The fourth-order valence-corrected chi connectivity index (χ4v) is 3.83. The van der Waals surface area contributed by atoms with Crippen molar-refractivity contribution in [2.75, 3.05) is 13.1 Å². The summed E-state index contributed by atoms with van der Waals surface area (Å²) in [5, 5.41) is 7.76. The molecule has 1 heterocycles. The number of likely N-dealkylation sites (tertiary alicyclic amines) is 1. The van der Waals surface area contributed by atoms with Gasteiger partial charge in [0.15, 0.2) is 0 Å². The Hall–Kier alpha value is -3.17. The Bertz CT molecular complexity index is 835. The van der Waals surface area contributed by atoms with E-state index in [2.05, 4.69) is 29.1 Å². The molecule has 36 heavy (non-hydrogen) atoms. The Labute approximate surface area is 214 Å². The standard InChI is InChI=1S/C26H42N4O6/c1-8-11-13-18(21(31)23(33)27-15-9-2)28-22(32)19-14-12-16-30(19)24(34)20(17(4)10-3)29-25(35)36-26(5,6)7/h8-9,17-20H,1-2,10-16H2,3-7H3,(H,27,33)(H,28,32)(H,29,35)/t17?,18?,19-,20-/m0/s1. The highest BCUT2D eigenvalue weighted by atomic mass is 16.6. The molecular weight excluding hydrogens is 464 g/mol. The zero-order valence-electron chi connectivity index (χ0n) is 22.2. The lowest BCUT2D eigenvalue weighted by Gasteiger charge is -2.32. The summed E-state index contributed by atoms with van der Waals surface area (Å²) in [5.74, 6) is -2.69. The molecule has 0 aromatic heterocycles. The maximum atomic E-state index is 13.5. The molecule has 0 radical (unpaired) electrons. The summed E-state index contributed by atoms with van der Waals surface area (Å²) >= 11 is 0. The number of allylic oxidation sites excluding steroid dienone is 1. The molecule has 0 aromatic carbocycles. The average molecular weight is 507 g/mol. The Morgan fingerprint density at radius 2 is 1.78 bits per heavy atom. The number of ether oxygens (including phenoxy) is 1. The number of nitrogens with zero attached hydrogens (tertiary/aromatic N) is 1. The molecule has 2 unspecified atom stereocenters. The van der Waals surface area contributed by atoms with Crippen LogP contribution in [0.15, 0.2) is 25.3 Å². The molecule has 0 aromatic rings. The number of ketones is 1. The van der Waals surface area contributed by atoms with Crippen LogP contribution < -0.4 is 16.0 Å². The van der Waals surface area contributed by atoms with Crippen molar-refractivity contribution < 1.29 is 28.7 Å². The monoisotopic (exact) mass is 506 g/mol. The van der Waals surface area contributed by atoms with Gasteiger partial charge in [-0.2, -0.15) is 0 Å². The molecule has 10 heteroatoms. The number of hydrogen-bond acceptors (Lipinski definition) is 6. The normalized spacial score (nSPS) is 17.8. The maximum absolute atomic E-state index is 13.5. The molecule has 1 saturated heterocycles. The van der Waals surface area contributed by atoms with Crippen molar-refractivity contribution in [3.63, 3.8) is 0 Å². The van der Waals surface area contributed by atoms with Crippen LogP contribution in [-0.2, 0) is 23.9 Å². The van der Waals surface area contributed by atoms with E-state index in [1.807, 2.05) is 13.8 Å². The van der Waals surface area contributed by atoms with E-state index in [0.717, 1.165) is 0 Å². The van der Waals surface area contributed by atoms with Gasteiger partial charge in [0.05, 0.1) is 6.04 Å². The van der Waals surface area contributed by atoms with Crippen LogP contribution in [-0.4, -0.2) is 71.3 Å². The minimum Gasteiger partial charge on any atom is -0.444 e. The van der Waals surface area contributed by atoms with Gasteiger partial charge in [-0.25, -0.2) is 4.79 Å². The van der Waals surface area contributed by atoms with Gasteiger partial charge in [0, 0.05) is 13.1 Å². The largest absolute Gasteiger partial charge is 0.444 e. The van der Waals surface area contributed by atoms with Crippen LogP contribution in [0, 0.1) is 5.92 Å². The van der Waals surface area contributed by atoms with Crippen LogP contribution in [0.25, 0.3) is 0 Å². The average Bonchev–Trinajstić information content (AvgIpc) is 3.31. The third kappa shape index (κ3) is 9.47. The molecular formula is C26H42N4O6. The summed E-state index contributed by atoms with van der Waals surface area (Å²) in [6.45, 7) is 16.5. The first kappa shape index (κ1) is 30.9. The molecule has 202 valence electrons. The first-order chi connectivity index (χ1) is 16.9. The predicted octanol–water partition coefficient (Wildman–Crippen LogP) is 2.24. The fourth-order valence-electron chi connectivity index (χ4n) is 3.83. The smallest absolute Gasteiger partial charge is 0.408 e. The van der Waals surface area contributed by atoms with Gasteiger partial charge < -0.3 is 25.6 Å². The van der Waals surface area contributed by atoms with Crippen LogP contribution in [0.5, 0.6) is 0 Å². The van der Waals surface area contributed by atoms with Crippen molar-refractivity contribution in [3.05, 3.63) is 25.3 Å². The van der Waals surface area contributed by atoms with Crippen LogP contribution in [0.3, 0.4) is 0 Å². The number of amides is 4. The maximum Gasteiger partial charge on any atom is 0.408 e. The van der Waals surface area contributed by atoms with Crippen molar-refractivity contribution in [1.82, 2.24) is 20.9 Å². The molecule has 3 N–H and O–H groups in total. The van der Waals surface area contributed by atoms with E-state index in [9.17, 15) is 24.0 Å². The summed E-state index contributed by atoms with van der Waals surface area (Å²) in [6, 6.07) is -2.75. The van der Waals surface area contributed by atoms with Gasteiger partial charge >= 0.3 is 6.09 Å². The first-order valence-corrected chi connectivity index (χ1v) is 12.5. The second kappa shape index (κ2) is 14.4. The second-order valence-corrected chi connectivity index (χ2v) is 9.99. The highest BCUT2D eigenvalue weighted by Crippen LogP contribution is 2.22. The highest BCUT2D eigenvalue weighted by Gasteiger charge is 2.40. The fraction of sp³-hybridized carbons (Fsp3) is 0.654. The van der Waals surface area contributed by atoms with Crippen molar-refractivity contribution in [3.8, 4) is 0 Å². The van der Waals surface area contributed by atoms with Crippen molar-refractivity contribution in [2.45, 2.75) is 90.4 Å². The molecule has 1 fully saturated rings. The molecule has 0 saturated carbocycles. The zero-order valence-corrected chi connectivity index (χ0v) is 22.2. The van der Waals surface area contributed by atoms with Crippen LogP contribution in [0.4, 0.5) is 4.79 Å². The van der Waals surface area contributed by atoms with E-state index in [0.29, 0.717) is 32.2 Å². The SMILES string of the molecule is C=CCCC(NC(=O)[C@@H]1CCCN1C(=O)[C@@H](NC(=O)OC(C)(C)C)C(C)CC)C(=O)C(=O)NCC=C. The molecule has 4 atom stereocenters. The number of carbonyl (C=O) groups is 5. The van der Waals surface area contributed by atoms with Gasteiger partial charge in [0.25, 0.3) is 5.91 Å². The number of Topliss-reactive ketones (excluding diaryl/α,β-unsaturated/α-hetero) is 1. The molecule has 0 bridgehead atoms. The topological polar surface area (TPSA) is 134 Å². The minimum atomic E-state index is -1.05. The van der Waals surface area contributed by atoms with E-state index >= 15 is 0 Å². The third-order valence-electron chi connectivity index (χ3n) is 5.91. The van der Waals surface area contributed by atoms with Gasteiger partial charge in [-0.15, -0.1) is 13.2 Å². The van der Waals surface area contributed by atoms with E-state index in [1.165, 1.54) is 11.0 Å². The summed E-state index contributed by atoms with van der Waals surface area (Å²) in [7, 11) is 0. The summed E-state index contributed by atoms with van der Waals surface area (Å²) in [6.07, 6.45) is 4.57. The van der Waals surface area contributed by atoms with Gasteiger partial charge in [-0.3, -0.25) is 19.2 Å². The lowest BCUT2D eigenvalue weighted by atomic mass is 9.97. The van der Waals surface area contributed by atoms with Gasteiger partial charge in [-0.1, -0.05) is 32.4 Å². The lowest BCUT2D eigenvalue weighted by molar-refractivity contribution is -0.143. The van der Waals surface area contributed by atoms with Crippen LogP contribution in [0.2, 0.25) is 0 Å². The Morgan fingerprint density at radius 1 is 1.11 bits per heavy atom. The molecule has 0 spiro atoms. The molecule has 1 rings (SSSR count). The van der Waals surface area contributed by atoms with E-state index in [-0.39, 0.29) is 24.8 Å². The van der Waals surface area contributed by atoms with Gasteiger partial charge in [0.1, 0.15) is 17.7 Å². The molecule has 10 nitrogen and oxygen atoms in total. The number of hydrogen-bond donors (Lipinski definition) is 3. The van der Waals surface area contributed by atoms with Gasteiger partial charge in [0.2, 0.25) is 17.6 Å². The van der Waals surface area contributed by atoms with E-state index in [4.69, 9.17) is 4.74 Å². The highest BCUT2D eigenvalue weighted by molar-refractivity contribution is 6.38. The Balaban J connectivity index is 3.03. The minimum absolute atomic E-state index is 0.124. The summed E-state index contributed by atoms with van der Waals surface area (Å²) in [5.41, 5.74) is -0.728. The van der Waals surface area contributed by atoms with Gasteiger partial charge in [-0.05, 0) is 52.4 Å². The van der Waals surface area contributed by atoms with E-state index < -0.39 is 47.4 Å². The van der Waals surface area contributed by atoms with Crippen molar-refractivity contribution in [2.24, 2.45) is 5.92 Å². The number of carbonyl (C=O) groups excluding carboxylic acids is 5.